The number of halogens is 2. The molecule has 0 aliphatic carbocycles. The maximum atomic E-state index is 13.4. The third-order valence-corrected chi connectivity index (χ3v) is 6.77. The molecule has 3 rings (SSSR count). The largest absolute Gasteiger partial charge is 0.392 e. The molecule has 0 radical (unpaired) electrons. The number of thioether (sulfide) groups is 1. The highest BCUT2D eigenvalue weighted by atomic mass is 35.5. The van der Waals surface area contributed by atoms with Gasteiger partial charge in [0.2, 0.25) is 5.91 Å². The second-order valence-electron chi connectivity index (χ2n) is 7.63. The number of carbonyl (C=O) groups excluding carboxylic acids is 1. The average molecular weight is 467 g/mol. The number of aliphatic hydroxyl groups excluding tert-OH is 1. The van der Waals surface area contributed by atoms with E-state index >= 15 is 0 Å². The van der Waals surface area contributed by atoms with Crippen LogP contribution < -0.4 is 0 Å². The molecule has 4 nitrogen and oxygen atoms in total. The average Bonchev–Trinajstić information content (AvgIpc) is 3.15. The van der Waals surface area contributed by atoms with E-state index in [2.05, 4.69) is 23.3 Å². The van der Waals surface area contributed by atoms with E-state index in [9.17, 15) is 9.90 Å². The molecule has 30 heavy (non-hydrogen) atoms. The predicted octanol–water partition coefficient (Wildman–Crippen LogP) is 4.54. The number of aliphatic hydroxyl groups is 1. The van der Waals surface area contributed by atoms with Gasteiger partial charge in [-0.3, -0.25) is 9.69 Å². The lowest BCUT2D eigenvalue weighted by Crippen LogP contribution is -2.43. The second kappa shape index (κ2) is 11.4. The third-order valence-electron chi connectivity index (χ3n) is 5.44. The van der Waals surface area contributed by atoms with Gasteiger partial charge in [-0.1, -0.05) is 59.6 Å². The second-order valence-corrected chi connectivity index (χ2v) is 9.43. The molecule has 7 heteroatoms. The van der Waals surface area contributed by atoms with Crippen molar-refractivity contribution in [1.82, 2.24) is 9.80 Å². The van der Waals surface area contributed by atoms with Crippen LogP contribution in [0.5, 0.6) is 0 Å². The van der Waals surface area contributed by atoms with Crippen molar-refractivity contribution in [3.8, 4) is 0 Å². The Labute approximate surface area is 193 Å². The molecular weight excluding hydrogens is 439 g/mol. The zero-order chi connectivity index (χ0) is 21.5. The lowest BCUT2D eigenvalue weighted by Gasteiger charge is -2.35. The molecule has 1 aliphatic heterocycles. The van der Waals surface area contributed by atoms with Gasteiger partial charge in [-0.25, -0.2) is 0 Å². The Kier molecular flexibility index (Phi) is 8.90. The van der Waals surface area contributed by atoms with Crippen LogP contribution in [0.15, 0.2) is 48.5 Å². The Morgan fingerprint density at radius 2 is 2.00 bits per heavy atom. The molecule has 2 atom stereocenters. The van der Waals surface area contributed by atoms with E-state index in [0.717, 1.165) is 29.8 Å². The molecule has 2 aromatic carbocycles. The molecule has 2 aromatic rings. The number of hydrogen-bond acceptors (Lipinski definition) is 4. The number of likely N-dealkylation sites (tertiary alicyclic amines) is 1. The van der Waals surface area contributed by atoms with E-state index < -0.39 is 0 Å². The molecule has 1 aliphatic rings. The number of rotatable bonds is 9. The van der Waals surface area contributed by atoms with Crippen molar-refractivity contribution in [2.24, 2.45) is 0 Å². The van der Waals surface area contributed by atoms with Gasteiger partial charge in [0.05, 0.1) is 28.6 Å². The maximum Gasteiger partial charge on any atom is 0.227 e. The minimum atomic E-state index is -0.284. The molecule has 0 saturated carbocycles. The van der Waals surface area contributed by atoms with E-state index in [1.807, 2.05) is 29.2 Å². The first-order chi connectivity index (χ1) is 14.5. The minimum Gasteiger partial charge on any atom is -0.392 e. The Morgan fingerprint density at radius 3 is 2.63 bits per heavy atom. The Balaban J connectivity index is 1.85. The van der Waals surface area contributed by atoms with Crippen LogP contribution in [0.4, 0.5) is 0 Å². The standard InChI is InChI=1S/C23H28Cl2N2O2S/c1-30-12-11-27(23(29)14-17-7-8-20(24)21(25)13-17)22(18-5-3-2-4-6-18)16-26-10-9-19(28)15-26/h2-8,13,19,22,28H,9-12,14-16H2,1H3. The van der Waals surface area contributed by atoms with Crippen molar-refractivity contribution in [3.05, 3.63) is 69.7 Å². The predicted molar refractivity (Wildman–Crippen MR) is 127 cm³/mol. The number of benzene rings is 2. The molecule has 2 unspecified atom stereocenters. The summed E-state index contributed by atoms with van der Waals surface area (Å²) in [6, 6.07) is 15.5. The van der Waals surface area contributed by atoms with Crippen molar-refractivity contribution in [1.29, 1.82) is 0 Å². The van der Waals surface area contributed by atoms with Crippen LogP contribution in [-0.4, -0.2) is 65.1 Å². The Hall–Kier alpha value is -1.24. The molecule has 0 aromatic heterocycles. The van der Waals surface area contributed by atoms with Crippen molar-refractivity contribution >= 4 is 40.9 Å². The quantitative estimate of drug-likeness (QED) is 0.589. The van der Waals surface area contributed by atoms with E-state index in [1.165, 1.54) is 0 Å². The summed E-state index contributed by atoms with van der Waals surface area (Å²) < 4.78 is 0. The van der Waals surface area contributed by atoms with Gasteiger partial charge >= 0.3 is 0 Å². The Bertz CT molecular complexity index is 837. The molecule has 1 saturated heterocycles. The van der Waals surface area contributed by atoms with Crippen molar-refractivity contribution < 1.29 is 9.90 Å². The smallest absolute Gasteiger partial charge is 0.227 e. The summed E-state index contributed by atoms with van der Waals surface area (Å²) in [6.07, 6.45) is 2.82. The highest BCUT2D eigenvalue weighted by Gasteiger charge is 2.30. The maximum absolute atomic E-state index is 13.4. The van der Waals surface area contributed by atoms with Crippen LogP contribution in [0.2, 0.25) is 10.0 Å². The summed E-state index contributed by atoms with van der Waals surface area (Å²) in [6.45, 7) is 2.88. The summed E-state index contributed by atoms with van der Waals surface area (Å²) in [5.41, 5.74) is 1.97. The zero-order valence-electron chi connectivity index (χ0n) is 17.1. The van der Waals surface area contributed by atoms with E-state index in [0.29, 0.717) is 29.7 Å². The number of carbonyl (C=O) groups is 1. The van der Waals surface area contributed by atoms with Gasteiger partial charge in [0.1, 0.15) is 0 Å². The number of hydrogen-bond donors (Lipinski definition) is 1. The fraction of sp³-hybridized carbons (Fsp3) is 0.435. The summed E-state index contributed by atoms with van der Waals surface area (Å²) >= 11 is 13.9. The molecule has 0 spiro atoms. The first kappa shape index (κ1) is 23.4. The van der Waals surface area contributed by atoms with E-state index in [1.54, 1.807) is 23.9 Å². The number of amides is 1. The van der Waals surface area contributed by atoms with Gasteiger partial charge in [0, 0.05) is 31.9 Å². The van der Waals surface area contributed by atoms with E-state index in [4.69, 9.17) is 23.2 Å². The van der Waals surface area contributed by atoms with Crippen molar-refractivity contribution in [2.45, 2.75) is 25.0 Å². The van der Waals surface area contributed by atoms with Crippen LogP contribution in [-0.2, 0) is 11.2 Å². The molecule has 0 bridgehead atoms. The first-order valence-corrected chi connectivity index (χ1v) is 12.3. The number of β-amino-alcohol motifs (C(OH)–C–C–N with tert-alkyl or cyclic N) is 1. The highest BCUT2D eigenvalue weighted by Crippen LogP contribution is 2.27. The van der Waals surface area contributed by atoms with Crippen LogP contribution in [0.3, 0.4) is 0 Å². The summed E-state index contributed by atoms with van der Waals surface area (Å²) in [5.74, 6) is 0.926. The molecule has 1 heterocycles. The SMILES string of the molecule is CSCCN(C(=O)Cc1ccc(Cl)c(Cl)c1)C(CN1CCC(O)C1)c1ccccc1. The molecule has 1 N–H and O–H groups in total. The highest BCUT2D eigenvalue weighted by molar-refractivity contribution is 7.98. The summed E-state index contributed by atoms with van der Waals surface area (Å²) in [7, 11) is 0. The summed E-state index contributed by atoms with van der Waals surface area (Å²) in [5, 5.41) is 10.9. The molecule has 1 amide bonds. The van der Waals surface area contributed by atoms with Gasteiger partial charge in [0.15, 0.2) is 0 Å². The first-order valence-electron chi connectivity index (χ1n) is 10.2. The third kappa shape index (κ3) is 6.38. The van der Waals surface area contributed by atoms with Crippen LogP contribution in [0.1, 0.15) is 23.6 Å². The normalized spacial score (nSPS) is 17.8. The lowest BCUT2D eigenvalue weighted by atomic mass is 10.0. The van der Waals surface area contributed by atoms with Gasteiger partial charge in [-0.15, -0.1) is 0 Å². The van der Waals surface area contributed by atoms with Gasteiger partial charge in [-0.2, -0.15) is 11.8 Å². The van der Waals surface area contributed by atoms with Gasteiger partial charge < -0.3 is 10.0 Å². The fourth-order valence-electron chi connectivity index (χ4n) is 3.85. The Morgan fingerprint density at radius 1 is 1.23 bits per heavy atom. The van der Waals surface area contributed by atoms with Gasteiger partial charge in [-0.05, 0) is 35.9 Å². The van der Waals surface area contributed by atoms with Gasteiger partial charge in [0.25, 0.3) is 0 Å². The minimum absolute atomic E-state index is 0.0658. The van der Waals surface area contributed by atoms with Crippen LogP contribution in [0.25, 0.3) is 0 Å². The topological polar surface area (TPSA) is 43.8 Å². The molecular formula is C23H28Cl2N2O2S. The van der Waals surface area contributed by atoms with Crippen LogP contribution >= 0.6 is 35.0 Å². The molecule has 162 valence electrons. The van der Waals surface area contributed by atoms with Crippen LogP contribution in [0, 0.1) is 0 Å². The number of nitrogens with zero attached hydrogens (tertiary/aromatic N) is 2. The zero-order valence-corrected chi connectivity index (χ0v) is 19.5. The summed E-state index contributed by atoms with van der Waals surface area (Å²) in [4.78, 5) is 17.7. The monoisotopic (exact) mass is 466 g/mol. The fourth-order valence-corrected chi connectivity index (χ4v) is 4.55. The van der Waals surface area contributed by atoms with Crippen molar-refractivity contribution in [2.75, 3.05) is 38.2 Å². The van der Waals surface area contributed by atoms with Crippen molar-refractivity contribution in [3.63, 3.8) is 0 Å². The van der Waals surface area contributed by atoms with E-state index in [-0.39, 0.29) is 24.5 Å². The lowest BCUT2D eigenvalue weighted by molar-refractivity contribution is -0.133. The molecule has 1 fully saturated rings.